The van der Waals surface area contributed by atoms with Crippen molar-refractivity contribution in [2.75, 3.05) is 27.6 Å². The van der Waals surface area contributed by atoms with Crippen molar-refractivity contribution in [3.63, 3.8) is 0 Å². The molecule has 0 amide bonds. The molecule has 0 fully saturated rings. The summed E-state index contributed by atoms with van der Waals surface area (Å²) < 4.78 is 27.6. The number of hydrogen-bond donors (Lipinski definition) is 1. The van der Waals surface area contributed by atoms with Crippen LogP contribution in [0, 0.1) is 0 Å². The monoisotopic (exact) mass is 403 g/mol. The van der Waals surface area contributed by atoms with E-state index in [9.17, 15) is 9.59 Å². The van der Waals surface area contributed by atoms with Gasteiger partial charge in [-0.05, 0) is 6.42 Å². The van der Waals surface area contributed by atoms with Crippen LogP contribution < -0.4 is 0 Å². The zero-order chi connectivity index (χ0) is 23.8. The summed E-state index contributed by atoms with van der Waals surface area (Å²) in [5.74, 6) is -1.55. The predicted molar refractivity (Wildman–Crippen MR) is 115 cm³/mol. The number of quaternary nitrogens is 1. The summed E-state index contributed by atoms with van der Waals surface area (Å²) in [5, 5.41) is 9.06. The van der Waals surface area contributed by atoms with E-state index in [0.29, 0.717) is 6.42 Å². The van der Waals surface area contributed by atoms with Crippen LogP contribution in [0.2, 0.25) is 0 Å². The summed E-state index contributed by atoms with van der Waals surface area (Å²) in [4.78, 5) is 23.2. The van der Waals surface area contributed by atoms with Crippen molar-refractivity contribution in [2.24, 2.45) is 0 Å². The molecule has 0 aliphatic rings. The molecule has 0 unspecified atom stereocenters. The van der Waals surface area contributed by atoms with Crippen molar-refractivity contribution in [2.45, 2.75) is 109 Å². The van der Waals surface area contributed by atoms with Gasteiger partial charge < -0.3 is 14.3 Å². The molecule has 1 atom stereocenters. The number of hydrogen-bond acceptors (Lipinski definition) is 3. The third kappa shape index (κ3) is 19.7. The van der Waals surface area contributed by atoms with Crippen LogP contribution in [0.4, 0.5) is 0 Å². The first-order chi connectivity index (χ1) is 14.5. The zero-order valence-electron chi connectivity index (χ0n) is 21.5. The molecule has 0 heterocycles. The Morgan fingerprint density at radius 3 is 1.79 bits per heavy atom. The number of esters is 1. The summed E-state index contributed by atoms with van der Waals surface area (Å²) in [5.41, 5.74) is 0. The van der Waals surface area contributed by atoms with Crippen molar-refractivity contribution < 1.29 is 28.0 Å². The Morgan fingerprint density at radius 2 is 1.36 bits per heavy atom. The number of unbranched alkanes of at least 4 members (excludes halogenated alkanes) is 12. The highest BCUT2D eigenvalue weighted by atomic mass is 16.5. The fourth-order valence-electron chi connectivity index (χ4n) is 3.38. The Labute approximate surface area is 177 Å². The number of carboxylic acids is 1. The Balaban J connectivity index is 3.93. The maximum Gasteiger partial charge on any atom is 0.307 e. The van der Waals surface area contributed by atoms with Crippen molar-refractivity contribution >= 4 is 11.9 Å². The lowest BCUT2D eigenvalue weighted by Gasteiger charge is -2.28. The second-order valence-corrected chi connectivity index (χ2v) is 8.57. The summed E-state index contributed by atoms with van der Waals surface area (Å²) in [6.07, 6.45) is 14.8. The lowest BCUT2D eigenvalue weighted by atomic mass is 10.0. The van der Waals surface area contributed by atoms with E-state index in [1.807, 2.05) is 0 Å². The summed E-state index contributed by atoms with van der Waals surface area (Å²) in [7, 11) is 2.98. The predicted octanol–water partition coefficient (Wildman–Crippen LogP) is 5.56. The van der Waals surface area contributed by atoms with E-state index >= 15 is 0 Å². The molecule has 166 valence electrons. The van der Waals surface area contributed by atoms with Gasteiger partial charge in [0.2, 0.25) is 0 Å². The summed E-state index contributed by atoms with van der Waals surface area (Å²) in [6.45, 7) is -0.131. The van der Waals surface area contributed by atoms with Gasteiger partial charge in [0.1, 0.15) is 6.54 Å². The lowest BCUT2D eigenvalue weighted by molar-refractivity contribution is -0.873. The van der Waals surface area contributed by atoms with E-state index in [1.54, 1.807) is 0 Å². The maximum absolute atomic E-state index is 12.1. The minimum atomic E-state index is -2.31. The van der Waals surface area contributed by atoms with Gasteiger partial charge in [-0.25, -0.2) is 0 Å². The van der Waals surface area contributed by atoms with E-state index in [1.165, 1.54) is 78.3 Å². The highest BCUT2D eigenvalue weighted by Crippen LogP contribution is 2.14. The number of rotatable bonds is 19. The third-order valence-electron chi connectivity index (χ3n) is 4.84. The van der Waals surface area contributed by atoms with Gasteiger partial charge in [-0.2, -0.15) is 0 Å². The smallest absolute Gasteiger partial charge is 0.307 e. The summed E-state index contributed by atoms with van der Waals surface area (Å²) >= 11 is 0. The van der Waals surface area contributed by atoms with Crippen LogP contribution in [0.25, 0.3) is 0 Å². The average Bonchev–Trinajstić information content (AvgIpc) is 2.63. The molecular formula is C23H46NO4+. The SMILES string of the molecule is [2H]C([2H])([2H])[N+](C)(C)C[C@@H](CC(=O)O)OC(=O)CCCCCCCCCCCCCCC. The molecule has 28 heavy (non-hydrogen) atoms. The second kappa shape index (κ2) is 16.8. The van der Waals surface area contributed by atoms with Gasteiger partial charge in [0.05, 0.1) is 31.6 Å². The van der Waals surface area contributed by atoms with Gasteiger partial charge in [-0.15, -0.1) is 0 Å². The average molecular weight is 404 g/mol. The Hall–Kier alpha value is -1.10. The standard InChI is InChI=1S/C23H45NO4/c1-5-6-7-8-9-10-11-12-13-14-15-16-17-18-23(27)28-21(19-22(25)26)20-24(2,3)4/h21H,5-20H2,1-4H3/p+1/t21-/m1/s1/i2D3. The fraction of sp³-hybridized carbons (Fsp3) is 0.913. The second-order valence-electron chi connectivity index (χ2n) is 8.57. The minimum Gasteiger partial charge on any atom is -0.481 e. The van der Waals surface area contributed by atoms with Crippen molar-refractivity contribution in [1.82, 2.24) is 0 Å². The van der Waals surface area contributed by atoms with Gasteiger partial charge >= 0.3 is 11.9 Å². The van der Waals surface area contributed by atoms with E-state index in [-0.39, 0.29) is 19.4 Å². The van der Waals surface area contributed by atoms with Crippen molar-refractivity contribution in [1.29, 1.82) is 0 Å². The van der Waals surface area contributed by atoms with Crippen LogP contribution in [0.15, 0.2) is 0 Å². The third-order valence-corrected chi connectivity index (χ3v) is 4.84. The normalized spacial score (nSPS) is 14.8. The lowest BCUT2D eigenvalue weighted by Crippen LogP contribution is -2.43. The molecule has 0 radical (unpaired) electrons. The van der Waals surface area contributed by atoms with Crippen molar-refractivity contribution in [3.05, 3.63) is 0 Å². The number of carbonyl (C=O) groups excluding carboxylic acids is 1. The van der Waals surface area contributed by atoms with Crippen molar-refractivity contribution in [3.8, 4) is 0 Å². The number of carboxylic acid groups (broad SMARTS) is 1. The molecule has 5 nitrogen and oxygen atoms in total. The zero-order valence-corrected chi connectivity index (χ0v) is 18.5. The van der Waals surface area contributed by atoms with E-state index in [2.05, 4.69) is 6.92 Å². The number of likely N-dealkylation sites (N-methyl/N-ethyl adjacent to an activating group) is 1. The largest absolute Gasteiger partial charge is 0.481 e. The first-order valence-electron chi connectivity index (χ1n) is 12.7. The number of nitrogens with zero attached hydrogens (tertiary/aromatic N) is 1. The van der Waals surface area contributed by atoms with Gasteiger partial charge in [0.25, 0.3) is 0 Å². The number of ether oxygens (including phenoxy) is 1. The fourth-order valence-corrected chi connectivity index (χ4v) is 3.38. The Bertz CT molecular complexity index is 496. The summed E-state index contributed by atoms with van der Waals surface area (Å²) in [6, 6.07) is 0. The van der Waals surface area contributed by atoms with Gasteiger partial charge in [-0.1, -0.05) is 84.0 Å². The highest BCUT2D eigenvalue weighted by molar-refractivity contribution is 5.71. The molecule has 0 aliphatic heterocycles. The molecule has 0 aromatic rings. The molecule has 0 aliphatic carbocycles. The van der Waals surface area contributed by atoms with E-state index in [4.69, 9.17) is 14.0 Å². The Kier molecular flexibility index (Phi) is 13.0. The van der Waals surface area contributed by atoms with Crippen LogP contribution in [-0.4, -0.2) is 55.2 Å². The van der Waals surface area contributed by atoms with Crippen LogP contribution in [0.1, 0.15) is 107 Å². The first-order valence-corrected chi connectivity index (χ1v) is 11.2. The van der Waals surface area contributed by atoms with Gasteiger partial charge in [0.15, 0.2) is 6.10 Å². The van der Waals surface area contributed by atoms with Gasteiger partial charge in [-0.3, -0.25) is 9.59 Å². The molecule has 0 saturated carbocycles. The Morgan fingerprint density at radius 1 is 0.893 bits per heavy atom. The molecule has 0 bridgehead atoms. The topological polar surface area (TPSA) is 63.6 Å². The molecule has 0 rings (SSSR count). The molecule has 0 spiro atoms. The number of carbonyl (C=O) groups is 2. The van der Waals surface area contributed by atoms with Crippen LogP contribution >= 0.6 is 0 Å². The highest BCUT2D eigenvalue weighted by Gasteiger charge is 2.24. The minimum absolute atomic E-state index is 0.0624. The molecule has 5 heteroatoms. The quantitative estimate of drug-likeness (QED) is 0.174. The van der Waals surface area contributed by atoms with Crippen LogP contribution in [0.5, 0.6) is 0 Å². The maximum atomic E-state index is 12.1. The molecule has 0 aromatic carbocycles. The molecule has 1 N–H and O–H groups in total. The number of aliphatic carboxylic acids is 1. The van der Waals surface area contributed by atoms with Crippen LogP contribution in [-0.2, 0) is 14.3 Å². The molecule has 0 aromatic heterocycles. The van der Waals surface area contributed by atoms with Gasteiger partial charge in [0, 0.05) is 6.42 Å². The van der Waals surface area contributed by atoms with E-state index < -0.39 is 29.5 Å². The van der Waals surface area contributed by atoms with E-state index in [0.717, 1.165) is 12.8 Å². The first kappa shape index (κ1) is 21.6. The van der Waals surface area contributed by atoms with Crippen LogP contribution in [0.3, 0.4) is 0 Å². The molecular weight excluding hydrogens is 354 g/mol. The molecule has 0 saturated heterocycles.